The summed E-state index contributed by atoms with van der Waals surface area (Å²) >= 11 is 1.28. The number of pyridine rings is 1. The number of aromatic nitrogens is 3. The topological polar surface area (TPSA) is 56.9 Å². The minimum absolute atomic E-state index is 0.0397. The first-order valence-electron chi connectivity index (χ1n) is 8.90. The van der Waals surface area contributed by atoms with Crippen LogP contribution < -0.4 is 11.2 Å². The van der Waals surface area contributed by atoms with Gasteiger partial charge in [0.2, 0.25) is 0 Å². The molecule has 0 amide bonds. The molecule has 1 aromatic carbocycles. The van der Waals surface area contributed by atoms with E-state index >= 15 is 0 Å². The standard InChI is InChI=1S/C20H20F3N3O2S/c1-11(2)14-9-24-17-15(18(27)26(4)19(28)25(17)3)16(14)29-10-12-6-5-7-13(8-12)20(21,22)23/h5-9,11H,10H2,1-4H3. The summed E-state index contributed by atoms with van der Waals surface area (Å²) in [5, 5.41) is 0.303. The molecule has 0 aliphatic carbocycles. The largest absolute Gasteiger partial charge is 0.416 e. The van der Waals surface area contributed by atoms with Gasteiger partial charge in [0, 0.05) is 30.9 Å². The van der Waals surface area contributed by atoms with Crippen molar-refractivity contribution in [1.29, 1.82) is 0 Å². The zero-order valence-corrected chi connectivity index (χ0v) is 17.2. The Balaban J connectivity index is 2.15. The Kier molecular flexibility index (Phi) is 5.62. The van der Waals surface area contributed by atoms with Gasteiger partial charge in [-0.25, -0.2) is 9.78 Å². The van der Waals surface area contributed by atoms with Crippen molar-refractivity contribution in [1.82, 2.24) is 14.1 Å². The fraction of sp³-hybridized carbons (Fsp3) is 0.350. The molecule has 9 heteroatoms. The van der Waals surface area contributed by atoms with Gasteiger partial charge < -0.3 is 0 Å². The van der Waals surface area contributed by atoms with Crippen molar-refractivity contribution in [3.05, 3.63) is 68.0 Å². The molecule has 0 spiro atoms. The van der Waals surface area contributed by atoms with E-state index in [1.165, 1.54) is 36.5 Å². The summed E-state index contributed by atoms with van der Waals surface area (Å²) in [7, 11) is 2.93. The molecule has 0 unspecified atom stereocenters. The lowest BCUT2D eigenvalue weighted by Crippen LogP contribution is -2.37. The zero-order chi connectivity index (χ0) is 21.5. The van der Waals surface area contributed by atoms with Crippen molar-refractivity contribution in [2.75, 3.05) is 0 Å². The second-order valence-corrected chi connectivity index (χ2v) is 8.07. The molecule has 0 N–H and O–H groups in total. The van der Waals surface area contributed by atoms with Crippen LogP contribution in [0.1, 0.15) is 36.5 Å². The van der Waals surface area contributed by atoms with Crippen LogP contribution in [0.4, 0.5) is 13.2 Å². The Morgan fingerprint density at radius 3 is 2.45 bits per heavy atom. The second-order valence-electron chi connectivity index (χ2n) is 7.09. The third kappa shape index (κ3) is 3.96. The molecule has 0 saturated heterocycles. The van der Waals surface area contributed by atoms with E-state index in [-0.39, 0.29) is 17.3 Å². The van der Waals surface area contributed by atoms with Crippen LogP contribution in [0.5, 0.6) is 0 Å². The van der Waals surface area contributed by atoms with Gasteiger partial charge >= 0.3 is 11.9 Å². The van der Waals surface area contributed by atoms with E-state index < -0.39 is 23.0 Å². The predicted molar refractivity (Wildman–Crippen MR) is 107 cm³/mol. The highest BCUT2D eigenvalue weighted by atomic mass is 32.2. The van der Waals surface area contributed by atoms with E-state index in [1.54, 1.807) is 12.3 Å². The van der Waals surface area contributed by atoms with E-state index in [4.69, 9.17) is 0 Å². The predicted octanol–water partition coefficient (Wildman–Crippen LogP) is 4.07. The van der Waals surface area contributed by atoms with Gasteiger partial charge in [-0.05, 0) is 23.1 Å². The fourth-order valence-electron chi connectivity index (χ4n) is 3.08. The zero-order valence-electron chi connectivity index (χ0n) is 16.4. The maximum Gasteiger partial charge on any atom is 0.416 e. The quantitative estimate of drug-likeness (QED) is 0.594. The molecule has 3 rings (SSSR count). The minimum Gasteiger partial charge on any atom is -0.280 e. The second kappa shape index (κ2) is 7.70. The van der Waals surface area contributed by atoms with Gasteiger partial charge in [0.05, 0.1) is 10.9 Å². The summed E-state index contributed by atoms with van der Waals surface area (Å²) in [5.74, 6) is 0.284. The third-order valence-electron chi connectivity index (χ3n) is 4.71. The van der Waals surface area contributed by atoms with Gasteiger partial charge in [0.15, 0.2) is 0 Å². The monoisotopic (exact) mass is 423 g/mol. The molecule has 2 aromatic heterocycles. The number of aryl methyl sites for hydroxylation is 1. The van der Waals surface area contributed by atoms with Crippen LogP contribution >= 0.6 is 11.8 Å². The lowest BCUT2D eigenvalue weighted by Gasteiger charge is -2.16. The van der Waals surface area contributed by atoms with Crippen LogP contribution in [-0.4, -0.2) is 14.1 Å². The van der Waals surface area contributed by atoms with Gasteiger partial charge in [-0.15, -0.1) is 11.8 Å². The van der Waals surface area contributed by atoms with E-state index in [2.05, 4.69) is 4.98 Å². The average molecular weight is 423 g/mol. The van der Waals surface area contributed by atoms with Gasteiger partial charge in [0.25, 0.3) is 5.56 Å². The number of thioether (sulfide) groups is 1. The van der Waals surface area contributed by atoms with Crippen LogP contribution in [0.15, 0.2) is 44.9 Å². The van der Waals surface area contributed by atoms with Crippen molar-refractivity contribution < 1.29 is 13.2 Å². The number of hydrogen-bond donors (Lipinski definition) is 0. The van der Waals surface area contributed by atoms with Crippen molar-refractivity contribution in [3.63, 3.8) is 0 Å². The number of nitrogens with zero attached hydrogens (tertiary/aromatic N) is 3. The van der Waals surface area contributed by atoms with Gasteiger partial charge in [-0.3, -0.25) is 13.9 Å². The smallest absolute Gasteiger partial charge is 0.280 e. The number of alkyl halides is 3. The summed E-state index contributed by atoms with van der Waals surface area (Å²) in [6.45, 7) is 3.90. The van der Waals surface area contributed by atoms with Gasteiger partial charge in [-0.1, -0.05) is 32.0 Å². The Hall–Kier alpha value is -2.55. The Labute approximate surface area is 169 Å². The van der Waals surface area contributed by atoms with Crippen molar-refractivity contribution in [2.24, 2.45) is 14.1 Å². The first-order chi connectivity index (χ1) is 13.5. The van der Waals surface area contributed by atoms with E-state index in [0.717, 1.165) is 22.3 Å². The van der Waals surface area contributed by atoms with E-state index in [9.17, 15) is 22.8 Å². The first kappa shape index (κ1) is 21.2. The highest BCUT2D eigenvalue weighted by Gasteiger charge is 2.30. The van der Waals surface area contributed by atoms with Crippen molar-refractivity contribution >= 4 is 22.8 Å². The van der Waals surface area contributed by atoms with E-state index in [1.807, 2.05) is 13.8 Å². The van der Waals surface area contributed by atoms with Crippen molar-refractivity contribution in [2.45, 2.75) is 36.6 Å². The lowest BCUT2D eigenvalue weighted by molar-refractivity contribution is -0.137. The highest BCUT2D eigenvalue weighted by Crippen LogP contribution is 2.35. The lowest BCUT2D eigenvalue weighted by atomic mass is 10.0. The normalized spacial score (nSPS) is 12.1. The number of halogens is 3. The molecule has 3 aromatic rings. The summed E-state index contributed by atoms with van der Waals surface area (Å²) in [4.78, 5) is 30.0. The molecule has 29 heavy (non-hydrogen) atoms. The Bertz CT molecular complexity index is 1200. The summed E-state index contributed by atoms with van der Waals surface area (Å²) in [5.41, 5.74) is -0.103. The molecule has 0 saturated carbocycles. The van der Waals surface area contributed by atoms with Crippen LogP contribution in [-0.2, 0) is 26.0 Å². The maximum absolute atomic E-state index is 13.0. The van der Waals surface area contributed by atoms with Crippen LogP contribution in [0, 0.1) is 0 Å². The first-order valence-corrected chi connectivity index (χ1v) is 9.88. The van der Waals surface area contributed by atoms with Crippen LogP contribution in [0.25, 0.3) is 11.0 Å². The molecule has 0 bridgehead atoms. The third-order valence-corrected chi connectivity index (χ3v) is 5.91. The molecule has 0 aliphatic rings. The summed E-state index contributed by atoms with van der Waals surface area (Å²) < 4.78 is 41.3. The molecule has 0 aliphatic heterocycles. The Morgan fingerprint density at radius 1 is 1.14 bits per heavy atom. The molecule has 2 heterocycles. The summed E-state index contributed by atoms with van der Waals surface area (Å²) in [6, 6.07) is 5.13. The SMILES string of the molecule is CC(C)c1cnc2c(c1SCc1cccc(C(F)(F)F)c1)c(=O)n(C)c(=O)n2C. The molecule has 0 radical (unpaired) electrons. The number of rotatable bonds is 4. The van der Waals surface area contributed by atoms with E-state index in [0.29, 0.717) is 15.8 Å². The molecular formula is C20H20F3N3O2S. The maximum atomic E-state index is 13.0. The molecular weight excluding hydrogens is 403 g/mol. The Morgan fingerprint density at radius 2 is 1.83 bits per heavy atom. The summed E-state index contributed by atoms with van der Waals surface area (Å²) in [6.07, 6.45) is -2.79. The van der Waals surface area contributed by atoms with Crippen LogP contribution in [0.2, 0.25) is 0 Å². The number of fused-ring (bicyclic) bond motifs is 1. The average Bonchev–Trinajstić information content (AvgIpc) is 2.67. The van der Waals surface area contributed by atoms with Gasteiger partial charge in [0.1, 0.15) is 5.65 Å². The molecule has 0 atom stereocenters. The molecule has 5 nitrogen and oxygen atoms in total. The highest BCUT2D eigenvalue weighted by molar-refractivity contribution is 7.98. The van der Waals surface area contributed by atoms with Crippen LogP contribution in [0.3, 0.4) is 0 Å². The fourth-order valence-corrected chi connectivity index (χ4v) is 4.35. The minimum atomic E-state index is -4.42. The van der Waals surface area contributed by atoms with Gasteiger partial charge in [-0.2, -0.15) is 13.2 Å². The number of benzene rings is 1. The van der Waals surface area contributed by atoms with Crippen molar-refractivity contribution in [3.8, 4) is 0 Å². The number of hydrogen-bond acceptors (Lipinski definition) is 4. The molecule has 0 fully saturated rings. The molecule has 154 valence electrons.